The van der Waals surface area contributed by atoms with E-state index in [1.54, 1.807) is 6.21 Å². The van der Waals surface area contributed by atoms with E-state index in [1.807, 2.05) is 6.92 Å². The summed E-state index contributed by atoms with van der Waals surface area (Å²) in [7, 11) is 0. The zero-order valence-electron chi connectivity index (χ0n) is 17.6. The summed E-state index contributed by atoms with van der Waals surface area (Å²) in [6.07, 6.45) is 12.3. The van der Waals surface area contributed by atoms with Gasteiger partial charge in [-0.15, -0.1) is 11.7 Å². The quantitative estimate of drug-likeness (QED) is 0.229. The molecule has 0 aromatic carbocycles. The number of nitrogens with zero attached hydrogens (tertiary/aromatic N) is 1. The summed E-state index contributed by atoms with van der Waals surface area (Å²) in [6, 6.07) is 0. The van der Waals surface area contributed by atoms with Crippen LogP contribution >= 0.6 is 0 Å². The normalized spacial score (nSPS) is 47.1. The molecule has 0 aromatic rings. The third-order valence-electron chi connectivity index (χ3n) is 8.62. The first-order valence-electron chi connectivity index (χ1n) is 10.7. The fourth-order valence-corrected chi connectivity index (χ4v) is 7.47. The van der Waals surface area contributed by atoms with Crippen LogP contribution in [0.15, 0.2) is 17.8 Å². The Labute approximate surface area is 164 Å². The molecule has 0 unspecified atom stereocenters. The number of carbonyl (C=O) groups excluding carboxylic acids is 1. The Morgan fingerprint density at radius 3 is 2.52 bits per heavy atom. The maximum Gasteiger partial charge on any atom is 0.312 e. The van der Waals surface area contributed by atoms with Crippen LogP contribution in [0.1, 0.15) is 79.1 Å². The average molecular weight is 376 g/mol. The van der Waals surface area contributed by atoms with Gasteiger partial charge in [-0.2, -0.15) is 0 Å². The van der Waals surface area contributed by atoms with E-state index < -0.39 is 0 Å². The number of ether oxygens (including phenoxy) is 1. The Morgan fingerprint density at radius 2 is 1.89 bits per heavy atom. The lowest BCUT2D eigenvalue weighted by Crippen LogP contribution is -2.60. The standard InChI is InChI=1S/C23H37NO3/c1-6-23-14-10-17-21(4,11-8-12-22(17,5)19(25)27-7-2)18(23)9-13-20(3,15-23)16-24-26/h6,16-18,26H,1,7-15H2,2-5H3/b24-16+/t17-,18-,20-,21+,22+,23+/m0/s1. The van der Waals surface area contributed by atoms with Crippen LogP contribution in [0.3, 0.4) is 0 Å². The van der Waals surface area contributed by atoms with Crippen molar-refractivity contribution in [2.75, 3.05) is 6.61 Å². The van der Waals surface area contributed by atoms with E-state index in [1.165, 1.54) is 6.42 Å². The third-order valence-corrected chi connectivity index (χ3v) is 8.62. The summed E-state index contributed by atoms with van der Waals surface area (Å²) in [6.45, 7) is 13.4. The summed E-state index contributed by atoms with van der Waals surface area (Å²) in [5.74, 6) is 0.891. The second-order valence-electron chi connectivity index (χ2n) is 10.2. The highest BCUT2D eigenvalue weighted by Gasteiger charge is 2.63. The van der Waals surface area contributed by atoms with Crippen LogP contribution in [0.4, 0.5) is 0 Å². The molecule has 3 aliphatic rings. The Hall–Kier alpha value is -1.32. The second kappa shape index (κ2) is 6.93. The molecular weight excluding hydrogens is 338 g/mol. The molecule has 1 N–H and O–H groups in total. The predicted molar refractivity (Wildman–Crippen MR) is 108 cm³/mol. The van der Waals surface area contributed by atoms with Gasteiger partial charge in [-0.1, -0.05) is 26.3 Å². The molecule has 0 heterocycles. The van der Waals surface area contributed by atoms with E-state index >= 15 is 0 Å². The van der Waals surface area contributed by atoms with Crippen molar-refractivity contribution in [1.82, 2.24) is 0 Å². The number of esters is 1. The largest absolute Gasteiger partial charge is 0.466 e. The minimum Gasteiger partial charge on any atom is -0.466 e. The van der Waals surface area contributed by atoms with E-state index in [2.05, 4.69) is 38.6 Å². The van der Waals surface area contributed by atoms with Crippen molar-refractivity contribution in [3.05, 3.63) is 12.7 Å². The zero-order valence-corrected chi connectivity index (χ0v) is 17.6. The maximum absolute atomic E-state index is 12.9. The Balaban J connectivity index is 1.97. The maximum atomic E-state index is 12.9. The topological polar surface area (TPSA) is 58.9 Å². The molecule has 152 valence electrons. The minimum absolute atomic E-state index is 0.0000830. The third kappa shape index (κ3) is 3.03. The van der Waals surface area contributed by atoms with E-state index in [9.17, 15) is 4.79 Å². The second-order valence-corrected chi connectivity index (χ2v) is 10.2. The molecule has 4 nitrogen and oxygen atoms in total. The van der Waals surface area contributed by atoms with Crippen LogP contribution in [0.2, 0.25) is 0 Å². The summed E-state index contributed by atoms with van der Waals surface area (Å²) >= 11 is 0. The van der Waals surface area contributed by atoms with Gasteiger partial charge < -0.3 is 9.94 Å². The summed E-state index contributed by atoms with van der Waals surface area (Å²) < 4.78 is 5.53. The van der Waals surface area contributed by atoms with Crippen molar-refractivity contribution in [3.8, 4) is 0 Å². The summed E-state index contributed by atoms with van der Waals surface area (Å²) in [5.41, 5.74) is -0.262. The van der Waals surface area contributed by atoms with Gasteiger partial charge in [-0.3, -0.25) is 4.79 Å². The lowest BCUT2D eigenvalue weighted by atomic mass is 9.39. The van der Waals surface area contributed by atoms with Gasteiger partial charge >= 0.3 is 5.97 Å². The molecule has 3 aliphatic carbocycles. The molecular formula is C23H37NO3. The smallest absolute Gasteiger partial charge is 0.312 e. The van der Waals surface area contributed by atoms with Gasteiger partial charge in [0.15, 0.2) is 0 Å². The number of hydrogen-bond acceptors (Lipinski definition) is 4. The lowest BCUT2D eigenvalue weighted by Gasteiger charge is -2.65. The molecule has 0 amide bonds. The fourth-order valence-electron chi connectivity index (χ4n) is 7.47. The van der Waals surface area contributed by atoms with Gasteiger partial charge in [0.1, 0.15) is 0 Å². The van der Waals surface area contributed by atoms with Crippen molar-refractivity contribution in [2.45, 2.75) is 79.1 Å². The zero-order chi connectivity index (χ0) is 19.9. The Bertz CT molecular complexity index is 631. The van der Waals surface area contributed by atoms with Crippen molar-refractivity contribution in [1.29, 1.82) is 0 Å². The van der Waals surface area contributed by atoms with Crippen molar-refractivity contribution in [2.24, 2.45) is 38.7 Å². The van der Waals surface area contributed by atoms with Crippen molar-refractivity contribution in [3.63, 3.8) is 0 Å². The molecule has 0 saturated heterocycles. The molecule has 0 aliphatic heterocycles. The van der Waals surface area contributed by atoms with E-state index in [-0.39, 0.29) is 27.6 Å². The molecule has 0 spiro atoms. The molecule has 3 fully saturated rings. The highest BCUT2D eigenvalue weighted by Crippen LogP contribution is 2.69. The number of allylic oxidation sites excluding steroid dienone is 1. The lowest BCUT2D eigenvalue weighted by molar-refractivity contribution is -0.185. The number of fused-ring (bicyclic) bond motifs is 3. The first kappa shape index (κ1) is 20.4. The van der Waals surface area contributed by atoms with E-state index in [4.69, 9.17) is 9.94 Å². The predicted octanol–water partition coefficient (Wildman–Crippen LogP) is 5.59. The van der Waals surface area contributed by atoms with Gasteiger partial charge in [0.25, 0.3) is 0 Å². The van der Waals surface area contributed by atoms with Crippen molar-refractivity contribution >= 4 is 12.2 Å². The molecule has 0 bridgehead atoms. The van der Waals surface area contributed by atoms with Gasteiger partial charge in [0, 0.05) is 11.6 Å². The Kier molecular flexibility index (Phi) is 5.24. The monoisotopic (exact) mass is 375 g/mol. The van der Waals surface area contributed by atoms with E-state index in [0.29, 0.717) is 18.4 Å². The molecule has 0 aromatic heterocycles. The number of carbonyl (C=O) groups is 1. The fraction of sp³-hybridized carbons (Fsp3) is 0.826. The van der Waals surface area contributed by atoms with Gasteiger partial charge in [0.2, 0.25) is 0 Å². The highest BCUT2D eigenvalue weighted by atomic mass is 16.5. The Morgan fingerprint density at radius 1 is 1.19 bits per heavy atom. The van der Waals surface area contributed by atoms with Gasteiger partial charge in [0.05, 0.1) is 12.0 Å². The SMILES string of the molecule is C=C[C@]12CC[C@H]3[C@@](C)(CCC[C@@]3(C)C(=O)OCC)[C@@H]1CC[C@](C)(/C=N/O)C2. The summed E-state index contributed by atoms with van der Waals surface area (Å²) in [5, 5.41) is 12.5. The highest BCUT2D eigenvalue weighted by molar-refractivity contribution is 5.77. The number of hydrogen-bond donors (Lipinski definition) is 1. The molecule has 6 atom stereocenters. The first-order chi connectivity index (χ1) is 12.7. The van der Waals surface area contributed by atoms with Crippen LogP contribution in [0.25, 0.3) is 0 Å². The van der Waals surface area contributed by atoms with Crippen LogP contribution in [-0.2, 0) is 9.53 Å². The molecule has 27 heavy (non-hydrogen) atoms. The number of oxime groups is 1. The first-order valence-corrected chi connectivity index (χ1v) is 10.7. The molecule has 3 saturated carbocycles. The van der Waals surface area contributed by atoms with Crippen LogP contribution in [0.5, 0.6) is 0 Å². The van der Waals surface area contributed by atoms with Crippen LogP contribution in [-0.4, -0.2) is 24.0 Å². The molecule has 3 rings (SSSR count). The van der Waals surface area contributed by atoms with Gasteiger partial charge in [-0.25, -0.2) is 0 Å². The van der Waals surface area contributed by atoms with Crippen LogP contribution < -0.4 is 0 Å². The molecule has 0 radical (unpaired) electrons. The van der Waals surface area contributed by atoms with E-state index in [0.717, 1.165) is 44.9 Å². The average Bonchev–Trinajstić information content (AvgIpc) is 2.61. The minimum atomic E-state index is -0.371. The van der Waals surface area contributed by atoms with Gasteiger partial charge in [-0.05, 0) is 81.5 Å². The van der Waals surface area contributed by atoms with Crippen molar-refractivity contribution < 1.29 is 14.7 Å². The number of rotatable bonds is 4. The summed E-state index contributed by atoms with van der Waals surface area (Å²) in [4.78, 5) is 12.9. The van der Waals surface area contributed by atoms with Crippen LogP contribution in [0, 0.1) is 33.5 Å². The molecule has 4 heteroatoms.